The van der Waals surface area contributed by atoms with Gasteiger partial charge >= 0.3 is 0 Å². The second-order valence-corrected chi connectivity index (χ2v) is 12.6. The second-order valence-electron chi connectivity index (χ2n) is 12.6. The Morgan fingerprint density at radius 1 is 0.395 bits per heavy atom. The van der Waals surface area contributed by atoms with Gasteiger partial charge in [-0.05, 0) is 106 Å². The minimum absolute atomic E-state index is 0.0413. The second kappa shape index (κ2) is 6.45. The molecule has 0 spiro atoms. The van der Waals surface area contributed by atoms with Crippen LogP contribution < -0.4 is 0 Å². The van der Waals surface area contributed by atoms with Crippen LogP contribution in [-0.2, 0) is 10.8 Å². The van der Waals surface area contributed by atoms with E-state index < -0.39 is 0 Å². The van der Waals surface area contributed by atoms with Crippen molar-refractivity contribution >= 4 is 43.1 Å². The Morgan fingerprint density at radius 3 is 1.74 bits per heavy atom. The van der Waals surface area contributed by atoms with E-state index in [-0.39, 0.29) is 10.8 Å². The van der Waals surface area contributed by atoms with Crippen molar-refractivity contribution in [3.8, 4) is 22.3 Å². The molecule has 7 aromatic carbocycles. The maximum Gasteiger partial charge on any atom is 0.0159 e. The van der Waals surface area contributed by atoms with Crippen LogP contribution in [0.25, 0.3) is 65.3 Å². The summed E-state index contributed by atoms with van der Waals surface area (Å²) in [5.41, 5.74) is 11.4. The lowest BCUT2D eigenvalue weighted by molar-refractivity contribution is 0.652. The van der Waals surface area contributed by atoms with E-state index in [0.29, 0.717) is 0 Å². The number of hydrogen-bond acceptors (Lipinski definition) is 0. The van der Waals surface area contributed by atoms with Gasteiger partial charge in [-0.2, -0.15) is 0 Å². The van der Waals surface area contributed by atoms with Crippen LogP contribution in [-0.4, -0.2) is 0 Å². The molecule has 0 aliphatic heterocycles. The molecule has 2 aliphatic carbocycles. The molecule has 0 saturated heterocycles. The van der Waals surface area contributed by atoms with Crippen LogP contribution >= 0.6 is 0 Å². The molecule has 0 radical (unpaired) electrons. The Morgan fingerprint density at radius 2 is 0.974 bits per heavy atom. The van der Waals surface area contributed by atoms with Crippen LogP contribution in [0.4, 0.5) is 0 Å². The van der Waals surface area contributed by atoms with Gasteiger partial charge in [-0.3, -0.25) is 0 Å². The molecule has 0 nitrogen and oxygen atoms in total. The van der Waals surface area contributed by atoms with Crippen molar-refractivity contribution in [1.82, 2.24) is 0 Å². The van der Waals surface area contributed by atoms with Gasteiger partial charge in [0, 0.05) is 10.8 Å². The van der Waals surface area contributed by atoms with E-state index in [0.717, 1.165) is 0 Å². The molecule has 0 amide bonds. The van der Waals surface area contributed by atoms with E-state index in [1.54, 1.807) is 0 Å². The van der Waals surface area contributed by atoms with Crippen LogP contribution in [0.2, 0.25) is 0 Å². The van der Waals surface area contributed by atoms with Crippen molar-refractivity contribution in [2.45, 2.75) is 38.5 Å². The van der Waals surface area contributed by atoms with Crippen molar-refractivity contribution in [2.75, 3.05) is 0 Å². The molecular weight excluding hydrogens is 456 g/mol. The first-order valence-electron chi connectivity index (χ1n) is 13.8. The topological polar surface area (TPSA) is 0 Å². The summed E-state index contributed by atoms with van der Waals surface area (Å²) in [5.74, 6) is 0. The Bertz CT molecular complexity index is 2150. The third-order valence-electron chi connectivity index (χ3n) is 9.97. The first-order chi connectivity index (χ1) is 18.4. The monoisotopic (exact) mass is 484 g/mol. The highest BCUT2D eigenvalue weighted by atomic mass is 14.5. The Labute approximate surface area is 222 Å². The molecule has 7 aromatic rings. The van der Waals surface area contributed by atoms with E-state index in [4.69, 9.17) is 0 Å². The summed E-state index contributed by atoms with van der Waals surface area (Å²) in [7, 11) is 0. The average Bonchev–Trinajstić information content (AvgIpc) is 3.30. The van der Waals surface area contributed by atoms with Gasteiger partial charge in [-0.1, -0.05) is 107 Å². The van der Waals surface area contributed by atoms with Gasteiger partial charge in [0.25, 0.3) is 0 Å². The van der Waals surface area contributed by atoms with Crippen molar-refractivity contribution in [2.24, 2.45) is 0 Å². The normalized spacial score (nSPS) is 16.3. The summed E-state index contributed by atoms with van der Waals surface area (Å²) in [6.07, 6.45) is 0. The summed E-state index contributed by atoms with van der Waals surface area (Å²) >= 11 is 0. The molecule has 38 heavy (non-hydrogen) atoms. The summed E-state index contributed by atoms with van der Waals surface area (Å²) in [6, 6.07) is 37.2. The van der Waals surface area contributed by atoms with E-state index in [2.05, 4.69) is 125 Å². The highest BCUT2D eigenvalue weighted by Gasteiger charge is 2.42. The molecule has 2 aliphatic rings. The van der Waals surface area contributed by atoms with Gasteiger partial charge < -0.3 is 0 Å². The Kier molecular flexibility index (Phi) is 3.54. The summed E-state index contributed by atoms with van der Waals surface area (Å²) < 4.78 is 0. The molecule has 0 unspecified atom stereocenters. The van der Waals surface area contributed by atoms with Crippen LogP contribution in [0.1, 0.15) is 49.9 Å². The van der Waals surface area contributed by atoms with Crippen molar-refractivity contribution in [3.63, 3.8) is 0 Å². The maximum absolute atomic E-state index is 2.56. The highest BCUT2D eigenvalue weighted by molar-refractivity contribution is 6.26. The minimum Gasteiger partial charge on any atom is -0.0616 e. The minimum atomic E-state index is -0.0678. The molecule has 9 rings (SSSR count). The fourth-order valence-corrected chi connectivity index (χ4v) is 8.01. The standard InChI is InChI=1S/C38H28/c1-37(2)29-17-15-21-8-5-6-11-25(21)35(29)27-19-31-28(20-30(27)37)36-26-16-14-23-10-7-9-22-12-13-24(34(26)33(22)23)18-32(36)38(31,3)4/h5-20H,1-4H3. The molecule has 0 saturated carbocycles. The Balaban J connectivity index is 1.43. The van der Waals surface area contributed by atoms with E-state index in [9.17, 15) is 0 Å². The summed E-state index contributed by atoms with van der Waals surface area (Å²) in [5, 5.41) is 10.9. The fourth-order valence-electron chi connectivity index (χ4n) is 8.01. The van der Waals surface area contributed by atoms with Crippen LogP contribution in [0.5, 0.6) is 0 Å². The van der Waals surface area contributed by atoms with Gasteiger partial charge in [-0.25, -0.2) is 0 Å². The smallest absolute Gasteiger partial charge is 0.0159 e. The molecule has 0 heterocycles. The highest BCUT2D eigenvalue weighted by Crippen LogP contribution is 2.59. The van der Waals surface area contributed by atoms with Gasteiger partial charge in [-0.15, -0.1) is 0 Å². The predicted octanol–water partition coefficient (Wildman–Crippen LogP) is 10.3. The lowest BCUT2D eigenvalue weighted by Gasteiger charge is -2.24. The summed E-state index contributed by atoms with van der Waals surface area (Å²) in [4.78, 5) is 0. The third kappa shape index (κ3) is 2.26. The van der Waals surface area contributed by atoms with Gasteiger partial charge in [0.05, 0.1) is 0 Å². The molecule has 0 heteroatoms. The zero-order chi connectivity index (χ0) is 25.6. The third-order valence-corrected chi connectivity index (χ3v) is 9.97. The molecule has 0 aromatic heterocycles. The first-order valence-corrected chi connectivity index (χ1v) is 13.8. The number of rotatable bonds is 0. The van der Waals surface area contributed by atoms with Gasteiger partial charge in [0.2, 0.25) is 0 Å². The molecule has 0 fully saturated rings. The summed E-state index contributed by atoms with van der Waals surface area (Å²) in [6.45, 7) is 9.66. The van der Waals surface area contributed by atoms with Crippen LogP contribution in [0, 0.1) is 0 Å². The number of fused-ring (bicyclic) bond motifs is 9. The van der Waals surface area contributed by atoms with E-state index >= 15 is 0 Å². The molecule has 0 atom stereocenters. The zero-order valence-electron chi connectivity index (χ0n) is 22.2. The molecule has 0 bridgehead atoms. The van der Waals surface area contributed by atoms with Crippen molar-refractivity contribution in [1.29, 1.82) is 0 Å². The van der Waals surface area contributed by atoms with Crippen LogP contribution in [0.3, 0.4) is 0 Å². The van der Waals surface area contributed by atoms with Crippen molar-refractivity contribution in [3.05, 3.63) is 119 Å². The predicted molar refractivity (Wildman–Crippen MR) is 163 cm³/mol. The number of benzene rings is 7. The molecule has 0 N–H and O–H groups in total. The fraction of sp³-hybridized carbons (Fsp3) is 0.158. The van der Waals surface area contributed by atoms with Gasteiger partial charge in [0.15, 0.2) is 0 Å². The first kappa shape index (κ1) is 20.8. The van der Waals surface area contributed by atoms with Gasteiger partial charge in [0.1, 0.15) is 0 Å². The number of hydrogen-bond donors (Lipinski definition) is 0. The quantitative estimate of drug-likeness (QED) is 0.188. The SMILES string of the molecule is CC1(C)c2cc3c(cc2-c2c1ccc1ccccc21)C(C)(C)c1cc2ccc4cccc5ccc(c1-3)c2c45. The lowest BCUT2D eigenvalue weighted by atomic mass is 9.79. The largest absolute Gasteiger partial charge is 0.0616 e. The molecule has 180 valence electrons. The van der Waals surface area contributed by atoms with Crippen LogP contribution in [0.15, 0.2) is 97.1 Å². The van der Waals surface area contributed by atoms with Crippen molar-refractivity contribution < 1.29 is 0 Å². The maximum atomic E-state index is 2.56. The molecular formula is C38H28. The average molecular weight is 485 g/mol. The lowest BCUT2D eigenvalue weighted by Crippen LogP contribution is -2.17. The van der Waals surface area contributed by atoms with E-state index in [1.165, 1.54) is 87.6 Å². The Hall–Kier alpha value is -4.16. The van der Waals surface area contributed by atoms with E-state index in [1.807, 2.05) is 0 Å². The zero-order valence-corrected chi connectivity index (χ0v) is 22.2.